The molecule has 0 aromatic heterocycles. The molecule has 3 N–H and O–H groups in total. The highest BCUT2D eigenvalue weighted by atomic mass is 32.2. The number of anilines is 1. The number of carbonyl (C=O) groups is 2. The normalized spacial score (nSPS) is 13.4. The van der Waals surface area contributed by atoms with Crippen LogP contribution in [0, 0.1) is 12.8 Å². The van der Waals surface area contributed by atoms with Gasteiger partial charge < -0.3 is 10.4 Å². The van der Waals surface area contributed by atoms with Crippen LogP contribution in [0.4, 0.5) is 5.69 Å². The molecule has 2 aromatic carbocycles. The Balaban J connectivity index is 2.19. The van der Waals surface area contributed by atoms with E-state index in [-0.39, 0.29) is 10.5 Å². The van der Waals surface area contributed by atoms with Gasteiger partial charge in [-0.3, -0.25) is 14.3 Å². The zero-order chi connectivity index (χ0) is 20.2. The first-order valence-electron chi connectivity index (χ1n) is 8.33. The van der Waals surface area contributed by atoms with Crippen LogP contribution in [-0.4, -0.2) is 31.4 Å². The summed E-state index contributed by atoms with van der Waals surface area (Å²) in [5, 5.41) is 11.6. The number of nitrogens with one attached hydrogen (secondary N) is 2. The highest BCUT2D eigenvalue weighted by Crippen LogP contribution is 2.18. The number of sulfonamides is 1. The lowest BCUT2D eigenvalue weighted by Gasteiger charge is -2.18. The molecule has 0 heterocycles. The van der Waals surface area contributed by atoms with Crippen LogP contribution in [0.1, 0.15) is 29.8 Å². The third-order valence-electron chi connectivity index (χ3n) is 4.21. The Morgan fingerprint density at radius 2 is 1.67 bits per heavy atom. The van der Waals surface area contributed by atoms with Crippen LogP contribution in [0.25, 0.3) is 0 Å². The summed E-state index contributed by atoms with van der Waals surface area (Å²) in [6.45, 7) is 4.96. The molecule has 1 amide bonds. The van der Waals surface area contributed by atoms with Gasteiger partial charge in [0, 0.05) is 17.3 Å². The molecule has 2 aromatic rings. The first kappa shape index (κ1) is 20.4. The van der Waals surface area contributed by atoms with E-state index in [0.29, 0.717) is 5.69 Å². The maximum atomic E-state index is 12.6. The van der Waals surface area contributed by atoms with Crippen molar-refractivity contribution in [1.29, 1.82) is 0 Å². The number of rotatable bonds is 7. The fraction of sp³-hybridized carbons (Fsp3) is 0.263. The first-order chi connectivity index (χ1) is 12.6. The van der Waals surface area contributed by atoms with E-state index >= 15 is 0 Å². The Kier molecular flexibility index (Phi) is 6.22. The highest BCUT2D eigenvalue weighted by molar-refractivity contribution is 7.92. The Morgan fingerprint density at radius 3 is 2.26 bits per heavy atom. The summed E-state index contributed by atoms with van der Waals surface area (Å²) < 4.78 is 27.6. The van der Waals surface area contributed by atoms with Crippen molar-refractivity contribution < 1.29 is 23.1 Å². The highest BCUT2D eigenvalue weighted by Gasteiger charge is 2.22. The lowest BCUT2D eigenvalue weighted by atomic mass is 10.0. The van der Waals surface area contributed by atoms with Crippen LogP contribution in [0.2, 0.25) is 0 Å². The van der Waals surface area contributed by atoms with Crippen molar-refractivity contribution in [1.82, 2.24) is 5.32 Å². The first-order valence-corrected chi connectivity index (χ1v) is 9.81. The van der Waals surface area contributed by atoms with Crippen LogP contribution in [0.3, 0.4) is 0 Å². The molecule has 27 heavy (non-hydrogen) atoms. The van der Waals surface area contributed by atoms with E-state index in [1.807, 2.05) is 6.92 Å². The molecule has 0 spiro atoms. The molecule has 0 fully saturated rings. The summed E-state index contributed by atoms with van der Waals surface area (Å²) in [6, 6.07) is 11.8. The molecule has 2 atom stereocenters. The van der Waals surface area contributed by atoms with Crippen molar-refractivity contribution in [3.63, 3.8) is 0 Å². The summed E-state index contributed by atoms with van der Waals surface area (Å²) in [5.74, 6) is -2.34. The SMILES string of the molecule is Cc1ccc(NS(=O)(=O)c2cccc(C(=O)NC(C)C(C)C(=O)O)c2)cc1. The zero-order valence-corrected chi connectivity index (χ0v) is 16.1. The largest absolute Gasteiger partial charge is 0.481 e. The van der Waals surface area contributed by atoms with Crippen molar-refractivity contribution in [3.8, 4) is 0 Å². The molecule has 0 radical (unpaired) electrons. The van der Waals surface area contributed by atoms with Crippen LogP contribution in [0.15, 0.2) is 53.4 Å². The van der Waals surface area contributed by atoms with Gasteiger partial charge in [-0.25, -0.2) is 8.42 Å². The average molecular weight is 390 g/mol. The lowest BCUT2D eigenvalue weighted by Crippen LogP contribution is -2.40. The van der Waals surface area contributed by atoms with Crippen LogP contribution in [0.5, 0.6) is 0 Å². The fourth-order valence-corrected chi connectivity index (χ4v) is 3.37. The lowest BCUT2D eigenvalue weighted by molar-refractivity contribution is -0.141. The van der Waals surface area contributed by atoms with Gasteiger partial charge in [0.1, 0.15) is 0 Å². The molecule has 0 aliphatic carbocycles. The second-order valence-electron chi connectivity index (χ2n) is 6.39. The zero-order valence-electron chi connectivity index (χ0n) is 15.3. The molecule has 2 unspecified atom stereocenters. The molecule has 0 aliphatic rings. The fourth-order valence-electron chi connectivity index (χ4n) is 2.27. The van der Waals surface area contributed by atoms with E-state index in [0.717, 1.165) is 5.56 Å². The molecule has 7 nitrogen and oxygen atoms in total. The number of aryl methyl sites for hydroxylation is 1. The molecular weight excluding hydrogens is 368 g/mol. The van der Waals surface area contributed by atoms with E-state index < -0.39 is 33.9 Å². The minimum Gasteiger partial charge on any atom is -0.481 e. The topological polar surface area (TPSA) is 113 Å². The minimum absolute atomic E-state index is 0.0605. The molecule has 144 valence electrons. The number of amides is 1. The van der Waals surface area contributed by atoms with Crippen molar-refractivity contribution in [2.75, 3.05) is 4.72 Å². The average Bonchev–Trinajstić information content (AvgIpc) is 2.62. The van der Waals surface area contributed by atoms with Crippen LogP contribution < -0.4 is 10.0 Å². The predicted molar refractivity (Wildman–Crippen MR) is 102 cm³/mol. The van der Waals surface area contributed by atoms with E-state index in [4.69, 9.17) is 5.11 Å². The van der Waals surface area contributed by atoms with Gasteiger partial charge in [-0.1, -0.05) is 23.8 Å². The van der Waals surface area contributed by atoms with Crippen molar-refractivity contribution >= 4 is 27.6 Å². The summed E-state index contributed by atoms with van der Waals surface area (Å²) in [6.07, 6.45) is 0. The van der Waals surface area contributed by atoms with Gasteiger partial charge in [0.15, 0.2) is 0 Å². The van der Waals surface area contributed by atoms with E-state index in [2.05, 4.69) is 10.0 Å². The third-order valence-corrected chi connectivity index (χ3v) is 5.59. The second-order valence-corrected chi connectivity index (χ2v) is 8.07. The predicted octanol–water partition coefficient (Wildman–Crippen LogP) is 2.63. The van der Waals surface area contributed by atoms with Crippen molar-refractivity contribution in [2.24, 2.45) is 5.92 Å². The van der Waals surface area contributed by atoms with E-state index in [9.17, 15) is 18.0 Å². The Morgan fingerprint density at radius 1 is 1.04 bits per heavy atom. The second kappa shape index (κ2) is 8.22. The maximum absolute atomic E-state index is 12.6. The van der Waals surface area contributed by atoms with Gasteiger partial charge in [-0.2, -0.15) is 0 Å². The van der Waals surface area contributed by atoms with Gasteiger partial charge in [0.2, 0.25) is 0 Å². The van der Waals surface area contributed by atoms with Gasteiger partial charge in [-0.05, 0) is 51.1 Å². The molecule has 0 saturated heterocycles. The monoisotopic (exact) mass is 390 g/mol. The standard InChI is InChI=1S/C19H22N2O5S/c1-12-7-9-16(10-8-12)21-27(25,26)17-6-4-5-15(11-17)18(22)20-14(3)13(2)19(23)24/h4-11,13-14,21H,1-3H3,(H,20,22)(H,23,24). The minimum atomic E-state index is -3.86. The molecule has 2 rings (SSSR count). The van der Waals surface area contributed by atoms with Crippen LogP contribution in [-0.2, 0) is 14.8 Å². The third kappa shape index (κ3) is 5.30. The van der Waals surface area contributed by atoms with Gasteiger partial charge >= 0.3 is 5.97 Å². The van der Waals surface area contributed by atoms with Crippen molar-refractivity contribution in [3.05, 3.63) is 59.7 Å². The number of hydrogen-bond donors (Lipinski definition) is 3. The summed E-state index contributed by atoms with van der Waals surface area (Å²) in [5.41, 5.74) is 1.55. The number of aliphatic carboxylic acids is 1. The number of carboxylic acids is 1. The maximum Gasteiger partial charge on any atom is 0.308 e. The van der Waals surface area contributed by atoms with Gasteiger partial charge in [-0.15, -0.1) is 0 Å². The molecular formula is C19H22N2O5S. The summed E-state index contributed by atoms with van der Waals surface area (Å²) >= 11 is 0. The quantitative estimate of drug-likeness (QED) is 0.673. The molecule has 0 saturated carbocycles. The smallest absolute Gasteiger partial charge is 0.308 e. The summed E-state index contributed by atoms with van der Waals surface area (Å²) in [7, 11) is -3.86. The Labute approximate surface area is 158 Å². The van der Waals surface area contributed by atoms with E-state index in [1.165, 1.54) is 31.2 Å². The number of benzene rings is 2. The number of hydrogen-bond acceptors (Lipinski definition) is 4. The molecule has 8 heteroatoms. The Hall–Kier alpha value is -2.87. The molecule has 0 bridgehead atoms. The van der Waals surface area contributed by atoms with Crippen molar-refractivity contribution in [2.45, 2.75) is 31.7 Å². The summed E-state index contributed by atoms with van der Waals surface area (Å²) in [4.78, 5) is 23.3. The molecule has 0 aliphatic heterocycles. The van der Waals surface area contributed by atoms with Crippen LogP contribution >= 0.6 is 0 Å². The van der Waals surface area contributed by atoms with E-state index in [1.54, 1.807) is 31.2 Å². The van der Waals surface area contributed by atoms with Gasteiger partial charge in [0.05, 0.1) is 10.8 Å². The number of carbonyl (C=O) groups excluding carboxylic acids is 1. The Bertz CT molecular complexity index is 939. The number of carboxylic acid groups (broad SMARTS) is 1. The van der Waals surface area contributed by atoms with Gasteiger partial charge in [0.25, 0.3) is 15.9 Å².